The molecule has 2 atom stereocenters. The number of nitrogens with one attached hydrogen (secondary N) is 3. The Labute approximate surface area is 232 Å². The van der Waals surface area contributed by atoms with Gasteiger partial charge in [0.15, 0.2) is 0 Å². The van der Waals surface area contributed by atoms with Crippen LogP contribution in [0.15, 0.2) is 133 Å². The molecule has 40 heavy (non-hydrogen) atoms. The zero-order valence-electron chi connectivity index (χ0n) is 21.8. The zero-order chi connectivity index (χ0) is 26.5. The summed E-state index contributed by atoms with van der Waals surface area (Å²) in [5.74, 6) is 0.944. The third kappa shape index (κ3) is 3.73. The molecule has 2 aliphatic heterocycles. The molecule has 5 aromatic carbocycles. The Morgan fingerprint density at radius 3 is 1.75 bits per heavy atom. The lowest BCUT2D eigenvalue weighted by Crippen LogP contribution is -2.64. The quantitative estimate of drug-likeness (QED) is 0.245. The lowest BCUT2D eigenvalue weighted by atomic mass is 10.1. The SMILES string of the molecule is c1ccc(C2NC(c3ccccc3)NC(N3c4ccccc4-c4nc5ccccc5n4-c4ccccc43)N2)cc1. The van der Waals surface area contributed by atoms with Crippen LogP contribution in [0.4, 0.5) is 11.4 Å². The van der Waals surface area contributed by atoms with Gasteiger partial charge in [-0.3, -0.25) is 20.5 Å². The first-order valence-electron chi connectivity index (χ1n) is 13.7. The topological polar surface area (TPSA) is 57.1 Å². The molecule has 3 heterocycles. The molecule has 8 rings (SSSR count). The number of imidazole rings is 1. The average Bonchev–Trinajstić information content (AvgIpc) is 3.36. The number of anilines is 2. The number of nitrogens with zero attached hydrogens (tertiary/aromatic N) is 3. The lowest BCUT2D eigenvalue weighted by Gasteiger charge is -2.45. The molecule has 1 fully saturated rings. The zero-order valence-corrected chi connectivity index (χ0v) is 21.8. The van der Waals surface area contributed by atoms with Crippen molar-refractivity contribution in [2.45, 2.75) is 18.6 Å². The van der Waals surface area contributed by atoms with Gasteiger partial charge in [-0.25, -0.2) is 4.98 Å². The molecule has 3 N–H and O–H groups in total. The highest BCUT2D eigenvalue weighted by atomic mass is 15.5. The normalized spacial score (nSPS) is 19.9. The number of hydrogen-bond donors (Lipinski definition) is 3. The highest BCUT2D eigenvalue weighted by Crippen LogP contribution is 2.45. The smallest absolute Gasteiger partial charge is 0.147 e. The van der Waals surface area contributed by atoms with Crippen LogP contribution in [0, 0.1) is 0 Å². The van der Waals surface area contributed by atoms with Gasteiger partial charge in [-0.05, 0) is 47.5 Å². The predicted octanol–water partition coefficient (Wildman–Crippen LogP) is 6.61. The summed E-state index contributed by atoms with van der Waals surface area (Å²) in [6.07, 6.45) is -0.369. The van der Waals surface area contributed by atoms with Crippen molar-refractivity contribution in [2.75, 3.05) is 4.90 Å². The standard InChI is InChI=1S/C34H28N6/c1-3-13-23(14-4-1)31-36-32(24-15-5-2-6-16-24)38-34(37-31)40-27-19-9-7-17-25(27)33-35-26-18-8-10-20-28(26)39(33)29-21-11-12-22-30(29)40/h1-22,31-32,34,36-38H. The molecule has 6 heteroatoms. The third-order valence-electron chi connectivity index (χ3n) is 7.85. The van der Waals surface area contributed by atoms with E-state index in [2.05, 4.69) is 159 Å². The largest absolute Gasteiger partial charge is 0.310 e. The molecule has 0 spiro atoms. The molecule has 0 amide bonds. The highest BCUT2D eigenvalue weighted by molar-refractivity contribution is 5.93. The first kappa shape index (κ1) is 23.2. The Bertz CT molecular complexity index is 1770. The van der Waals surface area contributed by atoms with E-state index in [1.54, 1.807) is 0 Å². The highest BCUT2D eigenvalue weighted by Gasteiger charge is 2.36. The van der Waals surface area contributed by atoms with E-state index in [4.69, 9.17) is 4.98 Å². The van der Waals surface area contributed by atoms with Gasteiger partial charge in [0.1, 0.15) is 12.1 Å². The van der Waals surface area contributed by atoms with Gasteiger partial charge >= 0.3 is 0 Å². The van der Waals surface area contributed by atoms with Gasteiger partial charge < -0.3 is 4.90 Å². The van der Waals surface area contributed by atoms with Crippen LogP contribution in [0.3, 0.4) is 0 Å². The Kier molecular flexibility index (Phi) is 5.48. The summed E-state index contributed by atoms with van der Waals surface area (Å²) in [7, 11) is 0. The van der Waals surface area contributed by atoms with Crippen molar-refractivity contribution in [3.8, 4) is 17.1 Å². The van der Waals surface area contributed by atoms with Crippen molar-refractivity contribution in [1.82, 2.24) is 25.5 Å². The van der Waals surface area contributed by atoms with E-state index in [9.17, 15) is 0 Å². The van der Waals surface area contributed by atoms with Crippen LogP contribution in [0.1, 0.15) is 23.5 Å². The minimum absolute atomic E-state index is 0.0712. The molecule has 6 nitrogen and oxygen atoms in total. The summed E-state index contributed by atoms with van der Waals surface area (Å²) in [4.78, 5) is 7.53. The molecule has 1 saturated heterocycles. The average molecular weight is 521 g/mol. The second-order valence-corrected chi connectivity index (χ2v) is 10.2. The summed E-state index contributed by atoms with van der Waals surface area (Å²) < 4.78 is 2.30. The van der Waals surface area contributed by atoms with Crippen LogP contribution in [0.25, 0.3) is 28.1 Å². The van der Waals surface area contributed by atoms with E-state index < -0.39 is 0 Å². The van der Waals surface area contributed by atoms with Gasteiger partial charge in [0.25, 0.3) is 0 Å². The first-order valence-corrected chi connectivity index (χ1v) is 13.7. The Morgan fingerprint density at radius 2 is 1.05 bits per heavy atom. The van der Waals surface area contributed by atoms with Crippen molar-refractivity contribution >= 4 is 22.4 Å². The van der Waals surface area contributed by atoms with E-state index in [0.717, 1.165) is 39.5 Å². The van der Waals surface area contributed by atoms with Gasteiger partial charge in [-0.2, -0.15) is 0 Å². The first-order chi connectivity index (χ1) is 19.8. The number of benzene rings is 5. The Morgan fingerprint density at radius 1 is 0.500 bits per heavy atom. The minimum Gasteiger partial charge on any atom is -0.310 e. The predicted molar refractivity (Wildman–Crippen MR) is 160 cm³/mol. The van der Waals surface area contributed by atoms with E-state index in [0.29, 0.717) is 0 Å². The van der Waals surface area contributed by atoms with Crippen LogP contribution in [0.2, 0.25) is 0 Å². The fraction of sp³-hybridized carbons (Fsp3) is 0.0882. The van der Waals surface area contributed by atoms with Crippen LogP contribution in [-0.4, -0.2) is 15.8 Å². The van der Waals surface area contributed by atoms with Crippen LogP contribution in [0.5, 0.6) is 0 Å². The second-order valence-electron chi connectivity index (χ2n) is 10.2. The minimum atomic E-state index is -0.227. The summed E-state index contributed by atoms with van der Waals surface area (Å²) in [6.45, 7) is 0. The van der Waals surface area contributed by atoms with Gasteiger partial charge in [-0.15, -0.1) is 0 Å². The van der Waals surface area contributed by atoms with E-state index >= 15 is 0 Å². The van der Waals surface area contributed by atoms with Gasteiger partial charge in [0.2, 0.25) is 0 Å². The van der Waals surface area contributed by atoms with E-state index in [-0.39, 0.29) is 18.6 Å². The summed E-state index contributed by atoms with van der Waals surface area (Å²) in [5.41, 5.74) is 8.83. The van der Waals surface area contributed by atoms with Crippen molar-refractivity contribution in [3.63, 3.8) is 0 Å². The van der Waals surface area contributed by atoms with Crippen LogP contribution in [-0.2, 0) is 0 Å². The number of rotatable bonds is 3. The Balaban J connectivity index is 1.33. The molecular weight excluding hydrogens is 492 g/mol. The maximum Gasteiger partial charge on any atom is 0.147 e. The summed E-state index contributed by atoms with van der Waals surface area (Å²) >= 11 is 0. The van der Waals surface area contributed by atoms with Crippen molar-refractivity contribution in [1.29, 1.82) is 0 Å². The molecule has 1 aromatic heterocycles. The second kappa shape index (κ2) is 9.47. The molecule has 2 unspecified atom stereocenters. The van der Waals surface area contributed by atoms with Crippen LogP contribution < -0.4 is 20.9 Å². The number of para-hydroxylation sites is 5. The number of aromatic nitrogens is 2. The third-order valence-corrected chi connectivity index (χ3v) is 7.85. The lowest BCUT2D eigenvalue weighted by molar-refractivity contribution is 0.204. The molecule has 0 aliphatic carbocycles. The van der Waals surface area contributed by atoms with Gasteiger partial charge in [-0.1, -0.05) is 97.1 Å². The van der Waals surface area contributed by atoms with Gasteiger partial charge in [0.05, 0.1) is 40.4 Å². The molecule has 0 saturated carbocycles. The molecular formula is C34H28N6. The maximum absolute atomic E-state index is 5.14. The fourth-order valence-corrected chi connectivity index (χ4v) is 6.04. The molecule has 2 aliphatic rings. The fourth-order valence-electron chi connectivity index (χ4n) is 6.04. The summed E-state index contributed by atoms with van der Waals surface area (Å²) in [6, 6.07) is 46.7. The van der Waals surface area contributed by atoms with E-state index in [1.807, 2.05) is 0 Å². The summed E-state index contributed by atoms with van der Waals surface area (Å²) in [5, 5.41) is 11.5. The monoisotopic (exact) mass is 520 g/mol. The van der Waals surface area contributed by atoms with Crippen molar-refractivity contribution in [3.05, 3.63) is 145 Å². The molecule has 0 radical (unpaired) electrons. The molecule has 6 aromatic rings. The maximum atomic E-state index is 5.14. The van der Waals surface area contributed by atoms with Gasteiger partial charge in [0, 0.05) is 5.56 Å². The van der Waals surface area contributed by atoms with E-state index in [1.165, 1.54) is 11.1 Å². The Hall–Kier alpha value is -4.75. The van der Waals surface area contributed by atoms with Crippen LogP contribution >= 0.6 is 0 Å². The van der Waals surface area contributed by atoms with Crippen molar-refractivity contribution in [2.24, 2.45) is 0 Å². The van der Waals surface area contributed by atoms with Crippen molar-refractivity contribution < 1.29 is 0 Å². The molecule has 0 bridgehead atoms. The number of hydrogen-bond acceptors (Lipinski definition) is 5. The number of fused-ring (bicyclic) bond motifs is 7. The molecule has 194 valence electrons.